The number of anilines is 1. The zero-order valence-corrected chi connectivity index (χ0v) is 20.0. The van der Waals surface area contributed by atoms with E-state index < -0.39 is 6.04 Å². The second-order valence-corrected chi connectivity index (χ2v) is 8.42. The SMILES string of the molecule is CCOc1ccc(C2NC(=O)N(c3cccc(Cl)c3)C(C)=C2c2nc(-c3ccccc3)no2)cc1. The molecule has 7 nitrogen and oxygen atoms in total. The van der Waals surface area contributed by atoms with Gasteiger partial charge < -0.3 is 14.6 Å². The fourth-order valence-corrected chi connectivity index (χ4v) is 4.34. The van der Waals surface area contributed by atoms with Crippen molar-refractivity contribution in [2.24, 2.45) is 0 Å². The number of hydrogen-bond donors (Lipinski definition) is 1. The number of ether oxygens (including phenoxy) is 1. The Kier molecular flexibility index (Phi) is 6.25. The van der Waals surface area contributed by atoms with Crippen LogP contribution in [0.3, 0.4) is 0 Å². The van der Waals surface area contributed by atoms with Gasteiger partial charge in [0.25, 0.3) is 5.89 Å². The van der Waals surface area contributed by atoms with Crippen molar-refractivity contribution < 1.29 is 14.1 Å². The molecule has 0 radical (unpaired) electrons. The summed E-state index contributed by atoms with van der Waals surface area (Å²) in [4.78, 5) is 19.6. The third kappa shape index (κ3) is 4.50. The second-order valence-electron chi connectivity index (χ2n) is 7.99. The molecule has 4 aromatic rings. The number of amides is 2. The molecule has 0 bridgehead atoms. The molecule has 0 aliphatic carbocycles. The van der Waals surface area contributed by atoms with Crippen molar-refractivity contribution in [2.45, 2.75) is 19.9 Å². The molecule has 0 fully saturated rings. The highest BCUT2D eigenvalue weighted by molar-refractivity contribution is 6.31. The predicted molar refractivity (Wildman–Crippen MR) is 135 cm³/mol. The molecule has 1 aliphatic heterocycles. The number of rotatable bonds is 6. The highest BCUT2D eigenvalue weighted by Gasteiger charge is 2.36. The van der Waals surface area contributed by atoms with Crippen molar-refractivity contribution in [1.29, 1.82) is 0 Å². The normalized spacial score (nSPS) is 15.8. The van der Waals surface area contributed by atoms with Gasteiger partial charge in [-0.1, -0.05) is 65.3 Å². The van der Waals surface area contributed by atoms with Crippen LogP contribution in [0.25, 0.3) is 17.0 Å². The molecule has 1 atom stereocenters. The van der Waals surface area contributed by atoms with Gasteiger partial charge in [-0.2, -0.15) is 4.98 Å². The number of aromatic nitrogens is 2. The standard InChI is InChI=1S/C27H23ClN4O3/c1-3-34-22-14-12-18(13-15-22)24-23(26-30-25(31-35-26)19-8-5-4-6-9-19)17(2)32(27(33)29-24)21-11-7-10-20(28)16-21/h4-16,24H,3H2,1-2H3,(H,29,33). The minimum Gasteiger partial charge on any atom is -0.494 e. The van der Waals surface area contributed by atoms with Crippen LogP contribution in [0, 0.1) is 0 Å². The number of urea groups is 1. The minimum atomic E-state index is -0.502. The summed E-state index contributed by atoms with van der Waals surface area (Å²) in [5.74, 6) is 1.55. The fraction of sp³-hybridized carbons (Fsp3) is 0.148. The Bertz CT molecular complexity index is 1380. The summed E-state index contributed by atoms with van der Waals surface area (Å²) in [6.45, 7) is 4.37. The van der Waals surface area contributed by atoms with Gasteiger partial charge in [-0.3, -0.25) is 4.90 Å². The van der Waals surface area contributed by atoms with Gasteiger partial charge in [0.2, 0.25) is 5.82 Å². The third-order valence-corrected chi connectivity index (χ3v) is 6.00. The Balaban J connectivity index is 1.63. The van der Waals surface area contributed by atoms with Crippen LogP contribution in [-0.4, -0.2) is 22.8 Å². The lowest BCUT2D eigenvalue weighted by molar-refractivity contribution is 0.244. The number of hydrogen-bond acceptors (Lipinski definition) is 5. The largest absolute Gasteiger partial charge is 0.494 e. The van der Waals surface area contributed by atoms with Gasteiger partial charge in [0.15, 0.2) is 0 Å². The Morgan fingerprint density at radius 1 is 1.06 bits per heavy atom. The van der Waals surface area contributed by atoms with Gasteiger partial charge in [-0.15, -0.1) is 0 Å². The van der Waals surface area contributed by atoms with Crippen molar-refractivity contribution in [3.05, 3.63) is 101 Å². The van der Waals surface area contributed by atoms with E-state index in [0.29, 0.717) is 40.3 Å². The van der Waals surface area contributed by atoms with Crippen molar-refractivity contribution in [3.63, 3.8) is 0 Å². The second kappa shape index (κ2) is 9.64. The number of carbonyl (C=O) groups excluding carboxylic acids is 1. The van der Waals surface area contributed by atoms with Gasteiger partial charge in [-0.05, 0) is 49.7 Å². The molecule has 1 unspecified atom stereocenters. The van der Waals surface area contributed by atoms with Gasteiger partial charge in [0.1, 0.15) is 5.75 Å². The van der Waals surface area contributed by atoms with E-state index in [-0.39, 0.29) is 6.03 Å². The van der Waals surface area contributed by atoms with Crippen LogP contribution in [0.1, 0.15) is 31.3 Å². The molecule has 1 N–H and O–H groups in total. The van der Waals surface area contributed by atoms with Crippen LogP contribution in [0.4, 0.5) is 10.5 Å². The number of nitrogens with zero attached hydrogens (tertiary/aromatic N) is 3. The number of halogens is 1. The van der Waals surface area contributed by atoms with Crippen molar-refractivity contribution in [2.75, 3.05) is 11.5 Å². The number of nitrogens with one attached hydrogen (secondary N) is 1. The summed E-state index contributed by atoms with van der Waals surface area (Å²) in [5.41, 5.74) is 3.70. The lowest BCUT2D eigenvalue weighted by Gasteiger charge is -2.35. The van der Waals surface area contributed by atoms with E-state index in [1.54, 1.807) is 23.1 Å². The maximum atomic E-state index is 13.3. The average Bonchev–Trinajstić information content (AvgIpc) is 3.35. The van der Waals surface area contributed by atoms with Gasteiger partial charge in [-0.25, -0.2) is 4.79 Å². The predicted octanol–water partition coefficient (Wildman–Crippen LogP) is 6.49. The molecular formula is C27H23ClN4O3. The average molecular weight is 487 g/mol. The summed E-state index contributed by atoms with van der Waals surface area (Å²) in [6.07, 6.45) is 0. The monoisotopic (exact) mass is 486 g/mol. The van der Waals surface area contributed by atoms with Crippen molar-refractivity contribution in [3.8, 4) is 17.1 Å². The Hall–Kier alpha value is -4.10. The van der Waals surface area contributed by atoms with Crippen LogP contribution in [0.5, 0.6) is 5.75 Å². The molecule has 3 aromatic carbocycles. The Morgan fingerprint density at radius 3 is 2.54 bits per heavy atom. The van der Waals surface area contributed by atoms with E-state index in [1.807, 2.05) is 74.5 Å². The van der Waals surface area contributed by atoms with Gasteiger partial charge in [0.05, 0.1) is 23.9 Å². The minimum absolute atomic E-state index is 0.282. The molecule has 8 heteroatoms. The van der Waals surface area contributed by atoms with Crippen LogP contribution >= 0.6 is 11.6 Å². The first kappa shape index (κ1) is 22.7. The topological polar surface area (TPSA) is 80.5 Å². The molecule has 1 aliphatic rings. The smallest absolute Gasteiger partial charge is 0.326 e. The molecule has 35 heavy (non-hydrogen) atoms. The zero-order chi connectivity index (χ0) is 24.4. The molecule has 2 heterocycles. The first-order valence-electron chi connectivity index (χ1n) is 11.2. The van der Waals surface area contributed by atoms with E-state index >= 15 is 0 Å². The molecule has 1 aromatic heterocycles. The van der Waals surface area contributed by atoms with Crippen LogP contribution in [-0.2, 0) is 0 Å². The van der Waals surface area contributed by atoms with Crippen LogP contribution < -0.4 is 15.0 Å². The van der Waals surface area contributed by atoms with Crippen molar-refractivity contribution >= 4 is 28.9 Å². The molecule has 0 spiro atoms. The van der Waals surface area contributed by atoms with Crippen LogP contribution in [0.15, 0.2) is 89.1 Å². The molecule has 0 saturated heterocycles. The maximum absolute atomic E-state index is 13.3. The highest BCUT2D eigenvalue weighted by Crippen LogP contribution is 2.39. The Labute approximate surface area is 208 Å². The maximum Gasteiger partial charge on any atom is 0.326 e. The highest BCUT2D eigenvalue weighted by atomic mass is 35.5. The van der Waals surface area contributed by atoms with Crippen LogP contribution in [0.2, 0.25) is 5.02 Å². The number of allylic oxidation sites excluding steroid dienone is 1. The van der Waals surface area contributed by atoms with E-state index in [4.69, 9.17) is 20.9 Å². The summed E-state index contributed by atoms with van der Waals surface area (Å²) < 4.78 is 11.3. The molecular weight excluding hydrogens is 464 g/mol. The molecule has 5 rings (SSSR count). The van der Waals surface area contributed by atoms with E-state index in [1.165, 1.54) is 0 Å². The van der Waals surface area contributed by atoms with E-state index in [2.05, 4.69) is 15.5 Å². The fourth-order valence-electron chi connectivity index (χ4n) is 4.16. The summed E-state index contributed by atoms with van der Waals surface area (Å²) in [7, 11) is 0. The molecule has 2 amide bonds. The summed E-state index contributed by atoms with van der Waals surface area (Å²) in [6, 6.07) is 23.6. The quantitative estimate of drug-likeness (QED) is 0.337. The lowest BCUT2D eigenvalue weighted by Crippen LogP contribution is -2.46. The van der Waals surface area contributed by atoms with E-state index in [9.17, 15) is 4.79 Å². The summed E-state index contributed by atoms with van der Waals surface area (Å²) >= 11 is 6.22. The summed E-state index contributed by atoms with van der Waals surface area (Å²) in [5, 5.41) is 7.83. The number of carbonyl (C=O) groups is 1. The first-order valence-corrected chi connectivity index (χ1v) is 11.6. The first-order chi connectivity index (χ1) is 17.0. The molecule has 176 valence electrons. The van der Waals surface area contributed by atoms with Crippen molar-refractivity contribution in [1.82, 2.24) is 15.5 Å². The van der Waals surface area contributed by atoms with E-state index in [0.717, 1.165) is 16.9 Å². The van der Waals surface area contributed by atoms with Gasteiger partial charge in [0, 0.05) is 16.3 Å². The number of benzene rings is 3. The lowest BCUT2D eigenvalue weighted by atomic mass is 9.94. The van der Waals surface area contributed by atoms with Gasteiger partial charge >= 0.3 is 6.03 Å². The zero-order valence-electron chi connectivity index (χ0n) is 19.2. The molecule has 0 saturated carbocycles. The third-order valence-electron chi connectivity index (χ3n) is 5.76. The Morgan fingerprint density at radius 2 is 1.83 bits per heavy atom.